The maximum Gasteiger partial charge on any atom is 0.273 e. The second-order valence-electron chi connectivity index (χ2n) is 5.74. The molecule has 1 N–H and O–H groups in total. The molecule has 2 aromatic rings. The van der Waals surface area contributed by atoms with E-state index < -0.39 is 4.92 Å². The molecule has 0 saturated heterocycles. The number of rotatable bonds is 5. The third-order valence-electron chi connectivity index (χ3n) is 4.01. The van der Waals surface area contributed by atoms with E-state index in [0.29, 0.717) is 34.5 Å². The van der Waals surface area contributed by atoms with Crippen LogP contribution in [0, 0.1) is 10.1 Å². The Hall–Kier alpha value is -3.48. The van der Waals surface area contributed by atoms with Gasteiger partial charge in [0.25, 0.3) is 11.6 Å². The minimum Gasteiger partial charge on any atom is -0.482 e. The maximum absolute atomic E-state index is 12.4. The Bertz CT molecular complexity index is 934. The van der Waals surface area contributed by atoms with Crippen LogP contribution in [0.5, 0.6) is 5.75 Å². The van der Waals surface area contributed by atoms with Gasteiger partial charge in [0.2, 0.25) is 0 Å². The molecule has 0 spiro atoms. The van der Waals surface area contributed by atoms with E-state index in [1.165, 1.54) is 18.2 Å². The van der Waals surface area contributed by atoms with Gasteiger partial charge >= 0.3 is 0 Å². The second-order valence-corrected chi connectivity index (χ2v) is 5.74. The fourth-order valence-electron chi connectivity index (χ4n) is 2.66. The fourth-order valence-corrected chi connectivity index (χ4v) is 2.66. The largest absolute Gasteiger partial charge is 0.482 e. The minimum absolute atomic E-state index is 0.0377. The molecule has 0 aliphatic carbocycles. The number of nitrogens with one attached hydrogen (secondary N) is 1. The van der Waals surface area contributed by atoms with Gasteiger partial charge in [-0.25, -0.2) is 0 Å². The van der Waals surface area contributed by atoms with Gasteiger partial charge in [-0.2, -0.15) is 0 Å². The van der Waals surface area contributed by atoms with Crippen molar-refractivity contribution < 1.29 is 19.2 Å². The van der Waals surface area contributed by atoms with Crippen molar-refractivity contribution in [1.82, 2.24) is 0 Å². The number of fused-ring (bicyclic) bond motifs is 1. The zero-order valence-corrected chi connectivity index (χ0v) is 14.0. The number of nitro benzene ring substituents is 1. The van der Waals surface area contributed by atoms with Crippen LogP contribution < -0.4 is 10.1 Å². The highest BCUT2D eigenvalue weighted by Gasteiger charge is 2.17. The van der Waals surface area contributed by atoms with E-state index in [-0.39, 0.29) is 24.0 Å². The van der Waals surface area contributed by atoms with Crippen LogP contribution in [0.2, 0.25) is 0 Å². The van der Waals surface area contributed by atoms with Crippen molar-refractivity contribution in [3.8, 4) is 5.75 Å². The molecule has 7 heteroatoms. The van der Waals surface area contributed by atoms with Gasteiger partial charge in [0.15, 0.2) is 12.4 Å². The monoisotopic (exact) mass is 352 g/mol. The molecule has 0 aromatic heterocycles. The smallest absolute Gasteiger partial charge is 0.273 e. The minimum atomic E-state index is -0.426. The molecular weight excluding hydrogens is 336 g/mol. The summed E-state index contributed by atoms with van der Waals surface area (Å²) < 4.78 is 5.25. The molecule has 3 rings (SSSR count). The number of allylic oxidation sites excluding steroid dienone is 1. The molecule has 0 bridgehead atoms. The Morgan fingerprint density at radius 3 is 2.85 bits per heavy atom. The highest BCUT2D eigenvalue weighted by atomic mass is 16.6. The van der Waals surface area contributed by atoms with E-state index in [0.717, 1.165) is 0 Å². The van der Waals surface area contributed by atoms with E-state index in [1.54, 1.807) is 30.3 Å². The van der Waals surface area contributed by atoms with Crippen LogP contribution >= 0.6 is 0 Å². The van der Waals surface area contributed by atoms with E-state index >= 15 is 0 Å². The standard InChI is InChI=1S/C19H16N2O5/c1-2-13-5-3-12(9-16(13)21(24)25)4-7-17(22)14-6-8-18-15(10-14)20-19(23)11-26-18/h3-10H,2,11H2,1H3,(H,20,23)/b7-4+. The first kappa shape index (κ1) is 17.3. The number of amides is 1. The molecule has 132 valence electrons. The zero-order chi connectivity index (χ0) is 18.7. The third-order valence-corrected chi connectivity index (χ3v) is 4.01. The van der Waals surface area contributed by atoms with E-state index in [2.05, 4.69) is 5.32 Å². The van der Waals surface area contributed by atoms with Gasteiger partial charge in [-0.1, -0.05) is 25.1 Å². The summed E-state index contributed by atoms with van der Waals surface area (Å²) in [6.07, 6.45) is 3.43. The summed E-state index contributed by atoms with van der Waals surface area (Å²) in [5.74, 6) is -0.0493. The third kappa shape index (κ3) is 3.61. The summed E-state index contributed by atoms with van der Waals surface area (Å²) in [5.41, 5.74) is 2.07. The molecule has 1 amide bonds. The first-order chi connectivity index (χ1) is 12.5. The number of carbonyl (C=O) groups excluding carboxylic acids is 2. The Morgan fingerprint density at radius 1 is 1.31 bits per heavy atom. The summed E-state index contributed by atoms with van der Waals surface area (Å²) in [5, 5.41) is 13.8. The van der Waals surface area contributed by atoms with Crippen molar-refractivity contribution >= 4 is 29.1 Å². The fraction of sp³-hybridized carbons (Fsp3) is 0.158. The number of anilines is 1. The molecule has 2 aromatic carbocycles. The number of nitrogens with zero attached hydrogens (tertiary/aromatic N) is 1. The Balaban J connectivity index is 1.82. The van der Waals surface area contributed by atoms with E-state index in [9.17, 15) is 19.7 Å². The zero-order valence-electron chi connectivity index (χ0n) is 14.0. The number of hydrogen-bond donors (Lipinski definition) is 1. The van der Waals surface area contributed by atoms with Gasteiger partial charge in [0, 0.05) is 17.2 Å². The van der Waals surface area contributed by atoms with E-state index in [1.807, 2.05) is 6.92 Å². The van der Waals surface area contributed by atoms with Crippen LogP contribution in [0.4, 0.5) is 11.4 Å². The second kappa shape index (κ2) is 7.18. The van der Waals surface area contributed by atoms with Gasteiger partial charge in [-0.15, -0.1) is 0 Å². The number of aryl methyl sites for hydroxylation is 1. The van der Waals surface area contributed by atoms with Gasteiger partial charge in [-0.05, 0) is 36.3 Å². The van der Waals surface area contributed by atoms with Crippen LogP contribution in [0.25, 0.3) is 6.08 Å². The highest BCUT2D eigenvalue weighted by molar-refractivity contribution is 6.08. The number of carbonyl (C=O) groups is 2. The average molecular weight is 352 g/mol. The SMILES string of the molecule is CCc1ccc(/C=C/C(=O)c2ccc3c(c2)NC(=O)CO3)cc1[N+](=O)[O-]. The van der Waals surface area contributed by atoms with Gasteiger partial charge < -0.3 is 10.1 Å². The predicted molar refractivity (Wildman–Crippen MR) is 96.4 cm³/mol. The Labute approximate surface area is 149 Å². The summed E-state index contributed by atoms with van der Waals surface area (Å²) in [6, 6.07) is 9.64. The lowest BCUT2D eigenvalue weighted by Gasteiger charge is -2.17. The lowest BCUT2D eigenvalue weighted by atomic mass is 10.0. The first-order valence-electron chi connectivity index (χ1n) is 8.04. The normalized spacial score (nSPS) is 13.0. The van der Waals surface area contributed by atoms with Crippen LogP contribution in [0.15, 0.2) is 42.5 Å². The van der Waals surface area contributed by atoms with Crippen molar-refractivity contribution in [2.45, 2.75) is 13.3 Å². The molecule has 0 fully saturated rings. The summed E-state index contributed by atoms with van der Waals surface area (Å²) in [4.78, 5) is 34.4. The van der Waals surface area contributed by atoms with Gasteiger partial charge in [0.05, 0.1) is 10.6 Å². The molecule has 0 atom stereocenters. The maximum atomic E-state index is 12.4. The Morgan fingerprint density at radius 2 is 2.12 bits per heavy atom. The quantitative estimate of drug-likeness (QED) is 0.385. The number of ether oxygens (including phenoxy) is 1. The summed E-state index contributed by atoms with van der Waals surface area (Å²) in [7, 11) is 0. The molecule has 1 aliphatic heterocycles. The highest BCUT2D eigenvalue weighted by Crippen LogP contribution is 2.29. The summed E-state index contributed by atoms with van der Waals surface area (Å²) in [6.45, 7) is 1.80. The molecule has 7 nitrogen and oxygen atoms in total. The lowest BCUT2D eigenvalue weighted by Crippen LogP contribution is -2.25. The topological polar surface area (TPSA) is 98.5 Å². The number of hydrogen-bond acceptors (Lipinski definition) is 5. The number of nitro groups is 1. The first-order valence-corrected chi connectivity index (χ1v) is 8.04. The molecule has 0 saturated carbocycles. The van der Waals surface area contributed by atoms with E-state index in [4.69, 9.17) is 4.74 Å². The van der Waals surface area contributed by atoms with Crippen molar-refractivity contribution in [3.63, 3.8) is 0 Å². The molecular formula is C19H16N2O5. The lowest BCUT2D eigenvalue weighted by molar-refractivity contribution is -0.385. The number of ketones is 1. The van der Waals surface area contributed by atoms with Crippen LogP contribution in [-0.2, 0) is 11.2 Å². The Kier molecular flexibility index (Phi) is 4.79. The molecule has 0 unspecified atom stereocenters. The molecule has 0 radical (unpaired) electrons. The van der Waals surface area contributed by atoms with Crippen LogP contribution in [-0.4, -0.2) is 23.2 Å². The molecule has 26 heavy (non-hydrogen) atoms. The van der Waals surface area contributed by atoms with Gasteiger partial charge in [-0.3, -0.25) is 19.7 Å². The summed E-state index contributed by atoms with van der Waals surface area (Å²) >= 11 is 0. The molecule has 1 heterocycles. The van der Waals surface area contributed by atoms with Crippen LogP contribution in [0.3, 0.4) is 0 Å². The van der Waals surface area contributed by atoms with Gasteiger partial charge in [0.1, 0.15) is 5.75 Å². The predicted octanol–water partition coefficient (Wildman–Crippen LogP) is 3.38. The number of benzene rings is 2. The molecule has 1 aliphatic rings. The van der Waals surface area contributed by atoms with Crippen molar-refractivity contribution in [1.29, 1.82) is 0 Å². The van der Waals surface area contributed by atoms with Crippen molar-refractivity contribution in [2.24, 2.45) is 0 Å². The van der Waals surface area contributed by atoms with Crippen molar-refractivity contribution in [2.75, 3.05) is 11.9 Å². The average Bonchev–Trinajstić information content (AvgIpc) is 2.65. The van der Waals surface area contributed by atoms with Crippen LogP contribution in [0.1, 0.15) is 28.4 Å². The van der Waals surface area contributed by atoms with Crippen molar-refractivity contribution in [3.05, 3.63) is 69.3 Å².